The third-order valence-electron chi connectivity index (χ3n) is 6.63. The molecule has 2 heterocycles. The highest BCUT2D eigenvalue weighted by molar-refractivity contribution is 9.10. The monoisotopic (exact) mass is 625 g/mol. The Morgan fingerprint density at radius 3 is 2.52 bits per heavy atom. The van der Waals surface area contributed by atoms with Crippen molar-refractivity contribution in [1.82, 2.24) is 9.47 Å². The van der Waals surface area contributed by atoms with Crippen LogP contribution in [0.5, 0.6) is 17.2 Å². The van der Waals surface area contributed by atoms with E-state index in [1.807, 2.05) is 51.1 Å². The number of carbonyl (C=O) groups is 1. The predicted octanol–water partition coefficient (Wildman–Crippen LogP) is 4.45. The summed E-state index contributed by atoms with van der Waals surface area (Å²) in [6.45, 7) is 10.8. The summed E-state index contributed by atoms with van der Waals surface area (Å²) in [7, 11) is 3.14. The molecular formula is C30H32BrN3O5S. The predicted molar refractivity (Wildman–Crippen MR) is 161 cm³/mol. The third kappa shape index (κ3) is 5.51. The smallest absolute Gasteiger partial charge is 0.271 e. The zero-order valence-electron chi connectivity index (χ0n) is 23.2. The number of nitrogens with zero attached hydrogens (tertiary/aromatic N) is 3. The molecule has 2 aromatic carbocycles. The molecule has 1 amide bonds. The first kappa shape index (κ1) is 29.4. The van der Waals surface area contributed by atoms with Crippen molar-refractivity contribution in [3.8, 4) is 17.2 Å². The van der Waals surface area contributed by atoms with E-state index in [9.17, 15) is 9.59 Å². The van der Waals surface area contributed by atoms with Crippen LogP contribution in [0.15, 0.2) is 74.6 Å². The van der Waals surface area contributed by atoms with Crippen LogP contribution in [0, 0.1) is 0 Å². The number of hydrogen-bond acceptors (Lipinski definition) is 7. The lowest BCUT2D eigenvalue weighted by atomic mass is 9.94. The highest BCUT2D eigenvalue weighted by Crippen LogP contribution is 2.38. The van der Waals surface area contributed by atoms with Crippen molar-refractivity contribution in [2.24, 2.45) is 4.99 Å². The largest absolute Gasteiger partial charge is 0.496 e. The molecule has 3 aromatic rings. The van der Waals surface area contributed by atoms with Gasteiger partial charge in [-0.15, -0.1) is 0 Å². The number of likely N-dealkylation sites (N-methyl/N-ethyl adjacent to an activating group) is 1. The number of hydrogen-bond donors (Lipinski definition) is 0. The van der Waals surface area contributed by atoms with Crippen LogP contribution < -0.4 is 29.1 Å². The molecule has 40 heavy (non-hydrogen) atoms. The lowest BCUT2D eigenvalue weighted by Gasteiger charge is -2.29. The second kappa shape index (κ2) is 12.7. The number of aromatic nitrogens is 1. The molecule has 0 unspecified atom stereocenters. The van der Waals surface area contributed by atoms with E-state index in [4.69, 9.17) is 19.2 Å². The zero-order chi connectivity index (χ0) is 29.0. The van der Waals surface area contributed by atoms with E-state index < -0.39 is 6.04 Å². The van der Waals surface area contributed by atoms with Gasteiger partial charge in [-0.1, -0.05) is 42.2 Å². The molecule has 0 radical (unpaired) electrons. The van der Waals surface area contributed by atoms with Crippen LogP contribution in [0.4, 0.5) is 0 Å². The molecule has 0 aliphatic carbocycles. The maximum atomic E-state index is 14.0. The quantitative estimate of drug-likeness (QED) is 0.311. The summed E-state index contributed by atoms with van der Waals surface area (Å²) in [5.74, 6) is 1.50. The van der Waals surface area contributed by atoms with Crippen LogP contribution in [0.3, 0.4) is 0 Å². The third-order valence-corrected chi connectivity index (χ3v) is 8.20. The Bertz CT molecular complexity index is 1650. The fraction of sp³-hybridized carbons (Fsp3) is 0.300. The number of methoxy groups -OCH3 is 2. The minimum atomic E-state index is -0.696. The molecule has 1 aliphatic heterocycles. The first-order valence-electron chi connectivity index (χ1n) is 12.8. The van der Waals surface area contributed by atoms with Crippen LogP contribution in [0.1, 0.15) is 37.9 Å². The first-order chi connectivity index (χ1) is 19.3. The Kier molecular flexibility index (Phi) is 9.32. The van der Waals surface area contributed by atoms with Crippen LogP contribution in [0.2, 0.25) is 0 Å². The second-order valence-corrected chi connectivity index (χ2v) is 10.8. The summed E-state index contributed by atoms with van der Waals surface area (Å²) in [4.78, 5) is 34.8. The number of para-hydroxylation sites is 1. The maximum Gasteiger partial charge on any atom is 0.271 e. The van der Waals surface area contributed by atoms with E-state index in [1.54, 1.807) is 41.9 Å². The second-order valence-electron chi connectivity index (χ2n) is 8.93. The van der Waals surface area contributed by atoms with Crippen LogP contribution in [-0.2, 0) is 4.79 Å². The Hall–Kier alpha value is -3.63. The number of ether oxygens (including phenoxy) is 3. The number of allylic oxidation sites excluding steroid dienone is 1. The molecule has 0 N–H and O–H groups in total. The van der Waals surface area contributed by atoms with E-state index >= 15 is 0 Å². The summed E-state index contributed by atoms with van der Waals surface area (Å²) >= 11 is 4.82. The van der Waals surface area contributed by atoms with Crippen molar-refractivity contribution in [3.63, 3.8) is 0 Å². The Labute approximate surface area is 245 Å². The lowest BCUT2D eigenvalue weighted by Crippen LogP contribution is -2.43. The molecule has 0 saturated heterocycles. The number of halogens is 1. The number of fused-ring (bicyclic) bond motifs is 1. The van der Waals surface area contributed by atoms with E-state index in [2.05, 4.69) is 22.5 Å². The molecule has 1 atom stereocenters. The molecule has 10 heteroatoms. The first-order valence-corrected chi connectivity index (χ1v) is 14.5. The van der Waals surface area contributed by atoms with Gasteiger partial charge in [-0.05, 0) is 66.5 Å². The van der Waals surface area contributed by atoms with Crippen molar-refractivity contribution >= 4 is 39.2 Å². The Morgan fingerprint density at radius 1 is 1.18 bits per heavy atom. The van der Waals surface area contributed by atoms with Crippen molar-refractivity contribution in [2.45, 2.75) is 26.8 Å². The average molecular weight is 627 g/mol. The average Bonchev–Trinajstić information content (AvgIpc) is 3.25. The van der Waals surface area contributed by atoms with Gasteiger partial charge in [0.1, 0.15) is 18.4 Å². The number of thiazole rings is 1. The molecule has 210 valence electrons. The summed E-state index contributed by atoms with van der Waals surface area (Å²) in [6.07, 6.45) is 3.44. The van der Waals surface area contributed by atoms with Gasteiger partial charge in [-0.2, -0.15) is 0 Å². The zero-order valence-corrected chi connectivity index (χ0v) is 25.6. The van der Waals surface area contributed by atoms with Gasteiger partial charge in [-0.3, -0.25) is 14.2 Å². The summed E-state index contributed by atoms with van der Waals surface area (Å²) in [5.41, 5.74) is 2.24. The number of benzene rings is 2. The van der Waals surface area contributed by atoms with Crippen molar-refractivity contribution in [2.75, 3.05) is 33.9 Å². The normalized spacial score (nSPS) is 14.8. The minimum Gasteiger partial charge on any atom is -0.496 e. The molecule has 1 aliphatic rings. The number of rotatable bonds is 10. The van der Waals surface area contributed by atoms with Gasteiger partial charge in [0.2, 0.25) is 0 Å². The number of amides is 1. The van der Waals surface area contributed by atoms with E-state index in [-0.39, 0.29) is 11.5 Å². The summed E-state index contributed by atoms with van der Waals surface area (Å²) in [5, 5.41) is 0. The molecule has 0 fully saturated rings. The Morgan fingerprint density at radius 2 is 1.88 bits per heavy atom. The highest BCUT2D eigenvalue weighted by Gasteiger charge is 2.35. The summed E-state index contributed by atoms with van der Waals surface area (Å²) < 4.78 is 19.7. The van der Waals surface area contributed by atoms with E-state index in [1.165, 1.54) is 11.3 Å². The molecule has 4 rings (SSSR count). The van der Waals surface area contributed by atoms with Crippen molar-refractivity contribution in [1.29, 1.82) is 0 Å². The van der Waals surface area contributed by atoms with Gasteiger partial charge in [-0.25, -0.2) is 4.99 Å². The maximum absolute atomic E-state index is 14.0. The summed E-state index contributed by atoms with van der Waals surface area (Å²) in [6, 6.07) is 10.4. The van der Waals surface area contributed by atoms with Crippen LogP contribution in [0.25, 0.3) is 6.08 Å². The van der Waals surface area contributed by atoms with Gasteiger partial charge in [0.05, 0.1) is 34.5 Å². The lowest BCUT2D eigenvalue weighted by molar-refractivity contribution is -0.127. The highest BCUT2D eigenvalue weighted by atomic mass is 79.9. The molecule has 0 saturated carbocycles. The minimum absolute atomic E-state index is 0.153. The van der Waals surface area contributed by atoms with E-state index in [0.717, 1.165) is 11.1 Å². The van der Waals surface area contributed by atoms with Crippen molar-refractivity contribution < 1.29 is 19.0 Å². The molecule has 0 bridgehead atoms. The fourth-order valence-corrected chi connectivity index (χ4v) is 6.34. The van der Waals surface area contributed by atoms with Crippen LogP contribution in [-0.4, -0.2) is 49.3 Å². The topological polar surface area (TPSA) is 82.4 Å². The number of carbonyl (C=O) groups excluding carboxylic acids is 1. The van der Waals surface area contributed by atoms with Gasteiger partial charge in [0.25, 0.3) is 11.5 Å². The van der Waals surface area contributed by atoms with Gasteiger partial charge in [0, 0.05) is 18.7 Å². The van der Waals surface area contributed by atoms with E-state index in [0.29, 0.717) is 62.0 Å². The van der Waals surface area contributed by atoms with Gasteiger partial charge in [0.15, 0.2) is 16.3 Å². The molecular weight excluding hydrogens is 594 g/mol. The fourth-order valence-electron chi connectivity index (χ4n) is 4.72. The standard InChI is InChI=1S/C30H32BrN3O5S/c1-7-14-39-27-21(31)15-19(16-23(27)38-6)17-24-28(35)34-26(20-12-10-11-13-22(20)37-5)25(18(4)32-30(34)40-24)29(36)33(8-2)9-3/h7,10-13,15-17,26H,1,8-9,14H2,2-6H3/b24-17+/t26-/m1/s1. The van der Waals surface area contributed by atoms with Crippen molar-refractivity contribution in [3.05, 3.63) is 95.6 Å². The Balaban J connectivity index is 1.95. The molecule has 8 nitrogen and oxygen atoms in total. The SMILES string of the molecule is C=CCOc1c(Br)cc(/C=c2/sc3n(c2=O)[C@H](c2ccccc2OC)C(C(=O)N(CC)CC)=C(C)N=3)cc1OC. The van der Waals surface area contributed by atoms with Gasteiger partial charge >= 0.3 is 0 Å². The molecule has 1 aromatic heterocycles. The van der Waals surface area contributed by atoms with Crippen LogP contribution >= 0.6 is 27.3 Å². The van der Waals surface area contributed by atoms with Gasteiger partial charge < -0.3 is 19.1 Å². The molecule has 0 spiro atoms.